The van der Waals surface area contributed by atoms with Crippen molar-refractivity contribution in [2.75, 3.05) is 20.1 Å². The molecule has 0 aliphatic heterocycles. The van der Waals surface area contributed by atoms with Gasteiger partial charge in [0.1, 0.15) is 0 Å². The van der Waals surface area contributed by atoms with E-state index >= 15 is 0 Å². The van der Waals surface area contributed by atoms with Crippen molar-refractivity contribution in [1.82, 2.24) is 10.2 Å². The number of rotatable bonds is 7. The van der Waals surface area contributed by atoms with Gasteiger partial charge in [-0.2, -0.15) is 0 Å². The van der Waals surface area contributed by atoms with Crippen molar-refractivity contribution in [1.29, 1.82) is 0 Å². The topological polar surface area (TPSA) is 15.3 Å². The average Bonchev–Trinajstić information content (AvgIpc) is 2.99. The summed E-state index contributed by atoms with van der Waals surface area (Å²) in [6.45, 7) is 9.15. The summed E-state index contributed by atoms with van der Waals surface area (Å²) in [4.78, 5) is 2.53. The molecule has 14 heavy (non-hydrogen) atoms. The van der Waals surface area contributed by atoms with Crippen LogP contribution in [0.5, 0.6) is 0 Å². The molecule has 0 spiro atoms. The lowest BCUT2D eigenvalue weighted by atomic mass is 9.98. The van der Waals surface area contributed by atoms with Crippen molar-refractivity contribution >= 4 is 0 Å². The molecule has 1 saturated carbocycles. The molecule has 0 radical (unpaired) electrons. The zero-order chi connectivity index (χ0) is 10.6. The van der Waals surface area contributed by atoms with Crippen LogP contribution in [0.3, 0.4) is 0 Å². The van der Waals surface area contributed by atoms with Gasteiger partial charge in [0.25, 0.3) is 0 Å². The second-order valence-corrected chi connectivity index (χ2v) is 4.72. The third-order valence-corrected chi connectivity index (χ3v) is 3.45. The van der Waals surface area contributed by atoms with Crippen molar-refractivity contribution in [3.05, 3.63) is 0 Å². The molecule has 0 bridgehead atoms. The lowest BCUT2D eigenvalue weighted by molar-refractivity contribution is 0.239. The van der Waals surface area contributed by atoms with Gasteiger partial charge >= 0.3 is 0 Å². The van der Waals surface area contributed by atoms with Crippen molar-refractivity contribution in [2.24, 2.45) is 5.92 Å². The standard InChI is InChI=1S/C12H26N2/c1-5-10(3)12(13-6-2)9-14(4)11-7-8-11/h10-13H,5-9H2,1-4H3. The Hall–Kier alpha value is -0.0800. The summed E-state index contributed by atoms with van der Waals surface area (Å²) in [5.74, 6) is 0.788. The Bertz CT molecular complexity index is 154. The fraction of sp³-hybridized carbons (Fsp3) is 1.00. The Balaban J connectivity index is 2.32. The Morgan fingerprint density at radius 2 is 2.00 bits per heavy atom. The minimum Gasteiger partial charge on any atom is -0.313 e. The molecule has 0 saturated heterocycles. The molecule has 2 unspecified atom stereocenters. The van der Waals surface area contributed by atoms with Gasteiger partial charge in [0.2, 0.25) is 0 Å². The first-order chi connectivity index (χ1) is 6.69. The first kappa shape index (κ1) is 12.0. The second-order valence-electron chi connectivity index (χ2n) is 4.72. The molecule has 1 aliphatic rings. The molecule has 2 nitrogen and oxygen atoms in total. The highest BCUT2D eigenvalue weighted by Crippen LogP contribution is 2.26. The Morgan fingerprint density at radius 3 is 2.43 bits per heavy atom. The molecule has 0 aromatic rings. The predicted octanol–water partition coefficient (Wildman–Crippen LogP) is 2.10. The van der Waals surface area contributed by atoms with Crippen LogP contribution in [0.2, 0.25) is 0 Å². The summed E-state index contributed by atoms with van der Waals surface area (Å²) >= 11 is 0. The molecule has 0 heterocycles. The summed E-state index contributed by atoms with van der Waals surface area (Å²) in [6.07, 6.45) is 4.10. The van der Waals surface area contributed by atoms with E-state index in [-0.39, 0.29) is 0 Å². The largest absolute Gasteiger partial charge is 0.313 e. The minimum atomic E-state index is 0.676. The molecular weight excluding hydrogens is 172 g/mol. The summed E-state index contributed by atoms with van der Waals surface area (Å²) in [6, 6.07) is 1.57. The third kappa shape index (κ3) is 3.58. The van der Waals surface area contributed by atoms with E-state index < -0.39 is 0 Å². The molecule has 0 aromatic carbocycles. The Labute approximate surface area is 89.1 Å². The molecule has 1 rings (SSSR count). The minimum absolute atomic E-state index is 0.676. The van der Waals surface area contributed by atoms with Gasteiger partial charge in [-0.3, -0.25) is 0 Å². The number of nitrogens with zero attached hydrogens (tertiary/aromatic N) is 1. The second kappa shape index (κ2) is 5.72. The number of likely N-dealkylation sites (N-methyl/N-ethyl adjacent to an activating group) is 2. The average molecular weight is 198 g/mol. The van der Waals surface area contributed by atoms with E-state index in [9.17, 15) is 0 Å². The van der Waals surface area contributed by atoms with Crippen LogP contribution in [0.1, 0.15) is 40.0 Å². The lowest BCUT2D eigenvalue weighted by Gasteiger charge is -2.28. The maximum absolute atomic E-state index is 3.61. The molecule has 2 heteroatoms. The maximum Gasteiger partial charge on any atom is 0.0220 e. The van der Waals surface area contributed by atoms with E-state index in [1.54, 1.807) is 0 Å². The Kier molecular flexibility index (Phi) is 4.90. The van der Waals surface area contributed by atoms with Crippen molar-refractivity contribution < 1.29 is 0 Å². The van der Waals surface area contributed by atoms with Crippen LogP contribution >= 0.6 is 0 Å². The van der Waals surface area contributed by atoms with Gasteiger partial charge in [0, 0.05) is 18.6 Å². The number of hydrogen-bond donors (Lipinski definition) is 1. The van der Waals surface area contributed by atoms with Crippen LogP contribution in [0.4, 0.5) is 0 Å². The molecule has 84 valence electrons. The van der Waals surface area contributed by atoms with Gasteiger partial charge < -0.3 is 10.2 Å². The number of nitrogens with one attached hydrogen (secondary N) is 1. The van der Waals surface area contributed by atoms with E-state index in [0.717, 1.165) is 18.5 Å². The van der Waals surface area contributed by atoms with Gasteiger partial charge in [0.05, 0.1) is 0 Å². The van der Waals surface area contributed by atoms with E-state index in [1.807, 2.05) is 0 Å². The monoisotopic (exact) mass is 198 g/mol. The van der Waals surface area contributed by atoms with Crippen LogP contribution in [-0.4, -0.2) is 37.1 Å². The highest BCUT2D eigenvalue weighted by molar-refractivity contribution is 4.86. The molecular formula is C12H26N2. The highest BCUT2D eigenvalue weighted by Gasteiger charge is 2.28. The maximum atomic E-state index is 3.61. The summed E-state index contributed by atoms with van der Waals surface area (Å²) < 4.78 is 0. The fourth-order valence-electron chi connectivity index (χ4n) is 1.97. The Morgan fingerprint density at radius 1 is 1.36 bits per heavy atom. The van der Waals surface area contributed by atoms with Crippen molar-refractivity contribution in [2.45, 2.75) is 52.1 Å². The zero-order valence-corrected chi connectivity index (χ0v) is 10.2. The lowest BCUT2D eigenvalue weighted by Crippen LogP contribution is -2.44. The van der Waals surface area contributed by atoms with Gasteiger partial charge in [-0.15, -0.1) is 0 Å². The first-order valence-corrected chi connectivity index (χ1v) is 6.12. The molecule has 2 atom stereocenters. The highest BCUT2D eigenvalue weighted by atomic mass is 15.2. The van der Waals surface area contributed by atoms with Crippen LogP contribution in [0, 0.1) is 5.92 Å². The molecule has 1 fully saturated rings. The van der Waals surface area contributed by atoms with Crippen molar-refractivity contribution in [3.8, 4) is 0 Å². The van der Waals surface area contributed by atoms with E-state index in [4.69, 9.17) is 0 Å². The first-order valence-electron chi connectivity index (χ1n) is 6.12. The van der Waals surface area contributed by atoms with Gasteiger partial charge in [-0.05, 0) is 32.4 Å². The number of hydrogen-bond acceptors (Lipinski definition) is 2. The SMILES string of the molecule is CCNC(CN(C)C1CC1)C(C)CC. The summed E-state index contributed by atoms with van der Waals surface area (Å²) in [7, 11) is 2.27. The van der Waals surface area contributed by atoms with E-state index in [2.05, 4.69) is 38.0 Å². The van der Waals surface area contributed by atoms with Gasteiger partial charge in [0.15, 0.2) is 0 Å². The molecule has 0 aromatic heterocycles. The van der Waals surface area contributed by atoms with E-state index in [1.165, 1.54) is 25.8 Å². The molecule has 1 aliphatic carbocycles. The predicted molar refractivity (Wildman–Crippen MR) is 62.6 cm³/mol. The fourth-order valence-corrected chi connectivity index (χ4v) is 1.97. The van der Waals surface area contributed by atoms with Crippen molar-refractivity contribution in [3.63, 3.8) is 0 Å². The summed E-state index contributed by atoms with van der Waals surface area (Å²) in [5.41, 5.74) is 0. The molecule has 1 N–H and O–H groups in total. The molecule has 0 amide bonds. The van der Waals surface area contributed by atoms with Crippen LogP contribution in [0.15, 0.2) is 0 Å². The van der Waals surface area contributed by atoms with Crippen LogP contribution < -0.4 is 5.32 Å². The van der Waals surface area contributed by atoms with Gasteiger partial charge in [-0.1, -0.05) is 27.2 Å². The van der Waals surface area contributed by atoms with Crippen LogP contribution in [-0.2, 0) is 0 Å². The normalized spacial score (nSPS) is 21.2. The summed E-state index contributed by atoms with van der Waals surface area (Å²) in [5, 5.41) is 3.61. The van der Waals surface area contributed by atoms with Gasteiger partial charge in [-0.25, -0.2) is 0 Å². The smallest absolute Gasteiger partial charge is 0.0220 e. The third-order valence-electron chi connectivity index (χ3n) is 3.45. The zero-order valence-electron chi connectivity index (χ0n) is 10.2. The van der Waals surface area contributed by atoms with Crippen LogP contribution in [0.25, 0.3) is 0 Å². The van der Waals surface area contributed by atoms with E-state index in [0.29, 0.717) is 6.04 Å². The quantitative estimate of drug-likeness (QED) is 0.674.